The number of hydrogen-bond acceptors (Lipinski definition) is 4. The lowest BCUT2D eigenvalue weighted by atomic mass is 9.92. The van der Waals surface area contributed by atoms with E-state index in [1.807, 2.05) is 12.3 Å². The van der Waals surface area contributed by atoms with Crippen molar-refractivity contribution in [1.82, 2.24) is 24.4 Å². The molecule has 2 aliphatic rings. The number of aliphatic hydroxyl groups is 1. The fourth-order valence-corrected chi connectivity index (χ4v) is 4.13. The highest BCUT2D eigenvalue weighted by molar-refractivity contribution is 6.01. The minimum atomic E-state index is -1.17. The predicted octanol–water partition coefficient (Wildman–Crippen LogP) is 1.14. The van der Waals surface area contributed by atoms with Crippen LogP contribution in [-0.4, -0.2) is 54.1 Å². The summed E-state index contributed by atoms with van der Waals surface area (Å²) in [5.41, 5.74) is 0.880. The van der Waals surface area contributed by atoms with Crippen LogP contribution in [0, 0.1) is 5.92 Å². The smallest absolute Gasteiger partial charge is 0.326 e. The number of hydrogen-bond donors (Lipinski definition) is 3. The van der Waals surface area contributed by atoms with Crippen LogP contribution < -0.4 is 5.69 Å². The van der Waals surface area contributed by atoms with Gasteiger partial charge in [-0.25, -0.2) is 9.78 Å². The van der Waals surface area contributed by atoms with Gasteiger partial charge in [-0.2, -0.15) is 0 Å². The first kappa shape index (κ1) is 15.6. The Kier molecular flexibility index (Phi) is 3.13. The molecule has 1 saturated carbocycles. The first-order valence-electron chi connectivity index (χ1n) is 9.06. The van der Waals surface area contributed by atoms with Gasteiger partial charge in [-0.1, -0.05) is 6.92 Å². The molecule has 0 unspecified atom stereocenters. The van der Waals surface area contributed by atoms with Crippen LogP contribution in [0.2, 0.25) is 0 Å². The van der Waals surface area contributed by atoms with Gasteiger partial charge in [0.15, 0.2) is 0 Å². The molecule has 0 bridgehead atoms. The van der Waals surface area contributed by atoms with E-state index in [-0.39, 0.29) is 23.6 Å². The summed E-state index contributed by atoms with van der Waals surface area (Å²) in [5, 5.41) is 11.1. The fraction of sp³-hybridized carbons (Fsp3) is 0.500. The molecule has 0 radical (unpaired) electrons. The van der Waals surface area contributed by atoms with Crippen LogP contribution in [0.3, 0.4) is 0 Å². The van der Waals surface area contributed by atoms with Crippen molar-refractivity contribution in [3.05, 3.63) is 28.9 Å². The van der Waals surface area contributed by atoms with Crippen LogP contribution in [-0.2, 0) is 4.79 Å². The van der Waals surface area contributed by atoms with Crippen molar-refractivity contribution < 1.29 is 9.90 Å². The summed E-state index contributed by atoms with van der Waals surface area (Å²) >= 11 is 0. The molecule has 1 aliphatic carbocycles. The minimum absolute atomic E-state index is 0.142. The van der Waals surface area contributed by atoms with Crippen LogP contribution in [0.25, 0.3) is 22.1 Å². The predicted molar refractivity (Wildman–Crippen MR) is 95.8 cm³/mol. The van der Waals surface area contributed by atoms with Gasteiger partial charge in [0.05, 0.1) is 23.3 Å². The zero-order valence-corrected chi connectivity index (χ0v) is 14.5. The Morgan fingerprint density at radius 1 is 1.42 bits per heavy atom. The Morgan fingerprint density at radius 2 is 2.23 bits per heavy atom. The summed E-state index contributed by atoms with van der Waals surface area (Å²) in [5.74, 6) is 0.0440. The van der Waals surface area contributed by atoms with Crippen molar-refractivity contribution in [2.24, 2.45) is 5.92 Å². The summed E-state index contributed by atoms with van der Waals surface area (Å²) in [6.07, 6.45) is 5.33. The van der Waals surface area contributed by atoms with E-state index in [2.05, 4.69) is 21.9 Å². The number of nitrogens with zero attached hydrogens (tertiary/aromatic N) is 3. The van der Waals surface area contributed by atoms with E-state index in [0.717, 1.165) is 23.0 Å². The Balaban J connectivity index is 1.61. The number of piperidine rings is 1. The van der Waals surface area contributed by atoms with E-state index in [9.17, 15) is 14.7 Å². The minimum Gasteiger partial charge on any atom is -0.380 e. The molecule has 1 aliphatic heterocycles. The third-order valence-electron chi connectivity index (χ3n) is 5.92. The molecular weight excluding hydrogens is 334 g/mol. The summed E-state index contributed by atoms with van der Waals surface area (Å²) in [7, 11) is 0. The second-order valence-corrected chi connectivity index (χ2v) is 7.68. The maximum absolute atomic E-state index is 12.8. The van der Waals surface area contributed by atoms with Crippen molar-refractivity contribution in [3.63, 3.8) is 0 Å². The average molecular weight is 355 g/mol. The van der Waals surface area contributed by atoms with Gasteiger partial charge in [0.1, 0.15) is 11.2 Å². The summed E-state index contributed by atoms with van der Waals surface area (Å²) in [6.45, 7) is 3.17. The lowest BCUT2D eigenvalue weighted by Crippen LogP contribution is -2.49. The number of nitrogens with one attached hydrogen (secondary N) is 2. The summed E-state index contributed by atoms with van der Waals surface area (Å²) in [6, 6.07) is 1.77. The van der Waals surface area contributed by atoms with Gasteiger partial charge in [-0.05, 0) is 31.2 Å². The van der Waals surface area contributed by atoms with Gasteiger partial charge >= 0.3 is 5.69 Å². The number of fused-ring (bicyclic) bond motifs is 3. The molecule has 136 valence electrons. The zero-order chi connectivity index (χ0) is 18.1. The Bertz CT molecular complexity index is 1070. The zero-order valence-electron chi connectivity index (χ0n) is 14.5. The lowest BCUT2D eigenvalue weighted by Gasteiger charge is -2.38. The number of likely N-dealkylation sites (tertiary alicyclic amines) is 1. The molecule has 2 atom stereocenters. The molecule has 3 aromatic rings. The van der Waals surface area contributed by atoms with Crippen LogP contribution in [0.5, 0.6) is 0 Å². The monoisotopic (exact) mass is 355 g/mol. The Morgan fingerprint density at radius 3 is 3.00 bits per heavy atom. The molecule has 0 spiro atoms. The quantitative estimate of drug-likeness (QED) is 0.641. The molecule has 5 rings (SSSR count). The number of rotatable bonds is 2. The lowest BCUT2D eigenvalue weighted by molar-refractivity contribution is -0.144. The summed E-state index contributed by atoms with van der Waals surface area (Å²) in [4.78, 5) is 37.4. The maximum Gasteiger partial charge on any atom is 0.326 e. The molecule has 26 heavy (non-hydrogen) atoms. The van der Waals surface area contributed by atoms with Crippen LogP contribution >= 0.6 is 0 Å². The van der Waals surface area contributed by atoms with Crippen LogP contribution in [0.15, 0.2) is 23.3 Å². The molecule has 2 fully saturated rings. The second kappa shape index (κ2) is 5.20. The number of aromatic nitrogens is 4. The highest BCUT2D eigenvalue weighted by Crippen LogP contribution is 2.39. The third kappa shape index (κ3) is 2.14. The maximum atomic E-state index is 12.8. The van der Waals surface area contributed by atoms with E-state index in [4.69, 9.17) is 0 Å². The molecule has 1 amide bonds. The van der Waals surface area contributed by atoms with Crippen molar-refractivity contribution in [1.29, 1.82) is 0 Å². The topological polar surface area (TPSA) is 107 Å². The van der Waals surface area contributed by atoms with Gasteiger partial charge in [0.2, 0.25) is 0 Å². The highest BCUT2D eigenvalue weighted by atomic mass is 16.3. The highest BCUT2D eigenvalue weighted by Gasteiger charge is 2.51. The van der Waals surface area contributed by atoms with Gasteiger partial charge in [-0.3, -0.25) is 9.36 Å². The van der Waals surface area contributed by atoms with Crippen molar-refractivity contribution in [2.75, 3.05) is 13.1 Å². The van der Waals surface area contributed by atoms with E-state index in [1.165, 1.54) is 0 Å². The Hall–Kier alpha value is -2.61. The summed E-state index contributed by atoms with van der Waals surface area (Å²) < 4.78 is 1.77. The van der Waals surface area contributed by atoms with Crippen molar-refractivity contribution in [2.45, 2.75) is 37.8 Å². The first-order chi connectivity index (χ1) is 12.5. The third-order valence-corrected chi connectivity index (χ3v) is 5.92. The van der Waals surface area contributed by atoms with Gasteiger partial charge in [0, 0.05) is 24.7 Å². The number of carbonyl (C=O) groups is 1. The van der Waals surface area contributed by atoms with E-state index in [1.54, 1.807) is 15.7 Å². The van der Waals surface area contributed by atoms with Crippen LogP contribution in [0.1, 0.15) is 32.2 Å². The number of H-pyrrole nitrogens is 2. The normalized spacial score (nSPS) is 25.1. The SMILES string of the molecule is C[C@@H]1CCN(C(=O)C2(O)CC2)C[C@@H]1n1c(=O)[nH]c2cnc3[nH]ccc3c21. The molecule has 4 heterocycles. The van der Waals surface area contributed by atoms with E-state index >= 15 is 0 Å². The second-order valence-electron chi connectivity index (χ2n) is 7.68. The Labute approximate surface area is 148 Å². The number of aromatic amines is 2. The molecular formula is C18H21N5O3. The molecule has 0 aromatic carbocycles. The molecule has 3 N–H and O–H groups in total. The fourth-order valence-electron chi connectivity index (χ4n) is 4.13. The van der Waals surface area contributed by atoms with Crippen molar-refractivity contribution >= 4 is 28.0 Å². The molecule has 8 heteroatoms. The van der Waals surface area contributed by atoms with Gasteiger partial charge in [0.25, 0.3) is 5.91 Å². The number of amides is 1. The van der Waals surface area contributed by atoms with Crippen LogP contribution in [0.4, 0.5) is 0 Å². The van der Waals surface area contributed by atoms with E-state index in [0.29, 0.717) is 31.4 Å². The number of pyridine rings is 1. The first-order valence-corrected chi connectivity index (χ1v) is 9.06. The molecule has 8 nitrogen and oxygen atoms in total. The molecule has 3 aromatic heterocycles. The van der Waals surface area contributed by atoms with Gasteiger partial charge < -0.3 is 20.0 Å². The molecule has 1 saturated heterocycles. The van der Waals surface area contributed by atoms with Gasteiger partial charge in [-0.15, -0.1) is 0 Å². The van der Waals surface area contributed by atoms with Crippen molar-refractivity contribution in [3.8, 4) is 0 Å². The number of carbonyl (C=O) groups excluding carboxylic acids is 1. The average Bonchev–Trinajstić information content (AvgIpc) is 3.05. The van der Waals surface area contributed by atoms with E-state index < -0.39 is 5.60 Å². The standard InChI is InChI=1S/C18H21N5O3/c1-10-3-7-22(16(24)18(26)4-5-18)9-13(10)23-14-11-2-6-19-15(11)20-8-12(14)21-17(23)25/h2,6,8,10,13,26H,3-5,7,9H2,1H3,(H,19,20)(H,21,25)/t10-,13+/m1/s1. The number of imidazole rings is 1. The largest absolute Gasteiger partial charge is 0.380 e.